The number of carbonyl (C=O) groups is 1. The van der Waals surface area contributed by atoms with Gasteiger partial charge >= 0.3 is 0 Å². The van der Waals surface area contributed by atoms with Crippen LogP contribution in [0.2, 0.25) is 0 Å². The number of hydrogen-bond donors (Lipinski definition) is 2. The fourth-order valence-electron chi connectivity index (χ4n) is 2.52. The van der Waals surface area contributed by atoms with Gasteiger partial charge < -0.3 is 9.67 Å². The number of fused-ring (bicyclic) bond motifs is 1. The number of aromatic hydroxyl groups is 1. The molecule has 3 rings (SSSR count). The Labute approximate surface area is 153 Å². The van der Waals surface area contributed by atoms with E-state index < -0.39 is 5.91 Å². The van der Waals surface area contributed by atoms with Gasteiger partial charge in [0.25, 0.3) is 5.91 Å². The van der Waals surface area contributed by atoms with Crippen molar-refractivity contribution in [1.29, 1.82) is 0 Å². The standard InChI is InChI=1S/C19H14BrN3O2/c1-2-9-23-12-13(15-5-3-4-6-17(15)23)11-21-22-19(25)16-10-14(20)7-8-18(16)24/h1,3-8,10-12,24H,9H2,(H,22,25)/b21-11-. The first kappa shape index (κ1) is 16.8. The first-order chi connectivity index (χ1) is 12.1. The predicted octanol–water partition coefficient (Wildman–Crippen LogP) is 3.51. The molecule has 0 saturated heterocycles. The SMILES string of the molecule is C#CCn1cc(/C=N\NC(=O)c2cc(Br)ccc2O)c2ccccc21. The number of terminal acetylenes is 1. The summed E-state index contributed by atoms with van der Waals surface area (Å²) < 4.78 is 2.63. The molecular weight excluding hydrogens is 382 g/mol. The molecule has 5 nitrogen and oxygen atoms in total. The van der Waals surface area contributed by atoms with Crippen molar-refractivity contribution < 1.29 is 9.90 Å². The van der Waals surface area contributed by atoms with Gasteiger partial charge in [-0.1, -0.05) is 40.0 Å². The van der Waals surface area contributed by atoms with Crippen LogP contribution in [0.5, 0.6) is 5.75 Å². The van der Waals surface area contributed by atoms with Crippen LogP contribution in [0.4, 0.5) is 0 Å². The third kappa shape index (κ3) is 3.57. The molecule has 0 saturated carbocycles. The summed E-state index contributed by atoms with van der Waals surface area (Å²) in [5.74, 6) is 2.01. The minimum Gasteiger partial charge on any atom is -0.507 e. The number of phenolic OH excluding ortho intramolecular Hbond substituents is 1. The molecule has 1 amide bonds. The van der Waals surface area contributed by atoms with Crippen LogP contribution >= 0.6 is 15.9 Å². The number of amides is 1. The average Bonchev–Trinajstić information content (AvgIpc) is 2.95. The van der Waals surface area contributed by atoms with Crippen molar-refractivity contribution in [2.75, 3.05) is 0 Å². The van der Waals surface area contributed by atoms with Gasteiger partial charge in [-0.3, -0.25) is 4.79 Å². The number of rotatable bonds is 4. The predicted molar refractivity (Wildman–Crippen MR) is 102 cm³/mol. The van der Waals surface area contributed by atoms with Crippen molar-refractivity contribution in [3.63, 3.8) is 0 Å². The van der Waals surface area contributed by atoms with E-state index in [4.69, 9.17) is 6.42 Å². The van der Waals surface area contributed by atoms with Gasteiger partial charge in [-0.05, 0) is 24.3 Å². The van der Waals surface area contributed by atoms with Crippen molar-refractivity contribution in [3.05, 3.63) is 64.3 Å². The van der Waals surface area contributed by atoms with Gasteiger partial charge in [0.2, 0.25) is 0 Å². The topological polar surface area (TPSA) is 66.6 Å². The summed E-state index contributed by atoms with van der Waals surface area (Å²) in [4.78, 5) is 12.1. The zero-order valence-corrected chi connectivity index (χ0v) is 14.7. The van der Waals surface area contributed by atoms with Gasteiger partial charge in [0.1, 0.15) is 5.75 Å². The summed E-state index contributed by atoms with van der Waals surface area (Å²) in [6.45, 7) is 0.451. The van der Waals surface area contributed by atoms with E-state index in [9.17, 15) is 9.90 Å². The van der Waals surface area contributed by atoms with E-state index in [1.807, 2.05) is 35.0 Å². The number of carbonyl (C=O) groups excluding carboxylic acids is 1. The summed E-state index contributed by atoms with van der Waals surface area (Å²) in [6, 6.07) is 12.4. The number of halogens is 1. The molecule has 0 atom stereocenters. The summed E-state index contributed by atoms with van der Waals surface area (Å²) >= 11 is 3.27. The minimum atomic E-state index is -0.498. The highest BCUT2D eigenvalue weighted by molar-refractivity contribution is 9.10. The van der Waals surface area contributed by atoms with E-state index >= 15 is 0 Å². The maximum absolute atomic E-state index is 12.1. The van der Waals surface area contributed by atoms with E-state index in [-0.39, 0.29) is 11.3 Å². The van der Waals surface area contributed by atoms with Crippen molar-refractivity contribution in [1.82, 2.24) is 9.99 Å². The molecule has 1 aromatic heterocycles. The average molecular weight is 396 g/mol. The lowest BCUT2D eigenvalue weighted by Gasteiger charge is -2.03. The molecule has 6 heteroatoms. The Kier molecular flexibility index (Phi) is 4.87. The lowest BCUT2D eigenvalue weighted by atomic mass is 10.2. The zero-order chi connectivity index (χ0) is 17.8. The normalized spacial score (nSPS) is 10.9. The zero-order valence-electron chi connectivity index (χ0n) is 13.1. The Bertz CT molecular complexity index is 1020. The molecule has 2 aromatic carbocycles. The van der Waals surface area contributed by atoms with Crippen LogP contribution in [0.25, 0.3) is 10.9 Å². The van der Waals surface area contributed by atoms with E-state index in [1.54, 1.807) is 12.3 Å². The lowest BCUT2D eigenvalue weighted by molar-refractivity contribution is 0.0952. The first-order valence-electron chi connectivity index (χ1n) is 7.43. The quantitative estimate of drug-likeness (QED) is 0.403. The second-order valence-corrected chi connectivity index (χ2v) is 6.21. The largest absolute Gasteiger partial charge is 0.507 e. The molecule has 0 aliphatic rings. The molecule has 0 aliphatic carbocycles. The van der Waals surface area contributed by atoms with E-state index in [0.29, 0.717) is 11.0 Å². The van der Waals surface area contributed by atoms with Crippen LogP contribution in [0.1, 0.15) is 15.9 Å². The molecule has 25 heavy (non-hydrogen) atoms. The molecule has 0 unspecified atom stereocenters. The summed E-state index contributed by atoms with van der Waals surface area (Å²) in [5, 5.41) is 14.8. The molecule has 3 aromatic rings. The third-order valence-corrected chi connectivity index (χ3v) is 4.15. The van der Waals surface area contributed by atoms with Gasteiger partial charge in [0, 0.05) is 27.1 Å². The smallest absolute Gasteiger partial charge is 0.275 e. The van der Waals surface area contributed by atoms with Gasteiger partial charge in [-0.25, -0.2) is 5.43 Å². The fraction of sp³-hybridized carbons (Fsp3) is 0.0526. The Morgan fingerprint density at radius 3 is 2.96 bits per heavy atom. The van der Waals surface area contributed by atoms with Crippen LogP contribution in [0, 0.1) is 12.3 Å². The minimum absolute atomic E-state index is 0.110. The Morgan fingerprint density at radius 2 is 2.16 bits per heavy atom. The second-order valence-electron chi connectivity index (χ2n) is 5.29. The van der Waals surface area contributed by atoms with Crippen LogP contribution in [-0.4, -0.2) is 21.8 Å². The van der Waals surface area contributed by atoms with E-state index in [2.05, 4.69) is 32.4 Å². The van der Waals surface area contributed by atoms with Crippen molar-refractivity contribution in [3.8, 4) is 18.1 Å². The van der Waals surface area contributed by atoms with Crippen molar-refractivity contribution >= 4 is 39.0 Å². The van der Waals surface area contributed by atoms with E-state index in [0.717, 1.165) is 16.5 Å². The number of nitrogens with zero attached hydrogens (tertiary/aromatic N) is 2. The number of hydrazone groups is 1. The Balaban J connectivity index is 1.83. The summed E-state index contributed by atoms with van der Waals surface area (Å²) in [7, 11) is 0. The van der Waals surface area contributed by atoms with Crippen molar-refractivity contribution in [2.45, 2.75) is 6.54 Å². The number of hydrogen-bond acceptors (Lipinski definition) is 3. The molecule has 124 valence electrons. The van der Waals surface area contributed by atoms with Gasteiger partial charge in [0.15, 0.2) is 0 Å². The molecule has 0 fully saturated rings. The molecular formula is C19H14BrN3O2. The highest BCUT2D eigenvalue weighted by atomic mass is 79.9. The second kappa shape index (κ2) is 7.24. The number of nitrogens with one attached hydrogen (secondary N) is 1. The van der Waals surface area contributed by atoms with E-state index in [1.165, 1.54) is 12.1 Å². The number of benzene rings is 2. The van der Waals surface area contributed by atoms with Crippen molar-refractivity contribution in [2.24, 2.45) is 5.10 Å². The van der Waals surface area contributed by atoms with Gasteiger partial charge in [-0.15, -0.1) is 6.42 Å². The van der Waals surface area contributed by atoms with Crippen LogP contribution in [-0.2, 0) is 6.54 Å². The highest BCUT2D eigenvalue weighted by Crippen LogP contribution is 2.22. The maximum atomic E-state index is 12.1. The summed E-state index contributed by atoms with van der Waals surface area (Å²) in [6.07, 6.45) is 8.85. The fourth-order valence-corrected chi connectivity index (χ4v) is 2.88. The number of para-hydroxylation sites is 1. The van der Waals surface area contributed by atoms with Crippen LogP contribution < -0.4 is 5.43 Å². The summed E-state index contributed by atoms with van der Waals surface area (Å²) in [5.41, 5.74) is 4.40. The lowest BCUT2D eigenvalue weighted by Crippen LogP contribution is -2.17. The molecule has 2 N–H and O–H groups in total. The van der Waals surface area contributed by atoms with Gasteiger partial charge in [0.05, 0.1) is 18.3 Å². The Morgan fingerprint density at radius 1 is 1.36 bits per heavy atom. The third-order valence-electron chi connectivity index (χ3n) is 3.65. The number of phenols is 1. The van der Waals surface area contributed by atoms with Crippen LogP contribution in [0.15, 0.2) is 58.2 Å². The molecule has 1 heterocycles. The monoisotopic (exact) mass is 395 g/mol. The molecule has 0 spiro atoms. The van der Waals surface area contributed by atoms with Crippen LogP contribution in [0.3, 0.4) is 0 Å². The first-order valence-corrected chi connectivity index (χ1v) is 8.22. The highest BCUT2D eigenvalue weighted by Gasteiger charge is 2.11. The van der Waals surface area contributed by atoms with Gasteiger partial charge in [-0.2, -0.15) is 5.10 Å². The molecule has 0 radical (unpaired) electrons. The maximum Gasteiger partial charge on any atom is 0.275 e. The number of aromatic nitrogens is 1. The Hall–Kier alpha value is -3.04. The molecule has 0 aliphatic heterocycles. The molecule has 0 bridgehead atoms.